The molecular weight excluding hydrogens is 240 g/mol. The van der Waals surface area contributed by atoms with Gasteiger partial charge in [-0.15, -0.1) is 0 Å². The quantitative estimate of drug-likeness (QED) is 0.770. The van der Waals surface area contributed by atoms with Crippen LogP contribution in [0.15, 0.2) is 16.8 Å². The first kappa shape index (κ1) is 11.9. The first-order valence-corrected chi connectivity index (χ1v) is 6.37. The Morgan fingerprint density at radius 1 is 1.47 bits per heavy atom. The highest BCUT2D eigenvalue weighted by atomic mass is 32.1. The molecule has 0 saturated heterocycles. The van der Waals surface area contributed by atoms with Crippen LogP contribution in [0.4, 0.5) is 10.5 Å². The third kappa shape index (κ3) is 2.58. The van der Waals surface area contributed by atoms with Crippen LogP contribution >= 0.6 is 11.3 Å². The fourth-order valence-electron chi connectivity index (χ4n) is 1.83. The van der Waals surface area contributed by atoms with Gasteiger partial charge in [-0.2, -0.15) is 11.3 Å². The van der Waals surface area contributed by atoms with Crippen LogP contribution in [0.25, 0.3) is 0 Å². The zero-order chi connectivity index (χ0) is 12.3. The largest absolute Gasteiger partial charge is 0.481 e. The Kier molecular flexibility index (Phi) is 3.33. The normalized spacial score (nSPS) is 16.9. The van der Waals surface area contributed by atoms with Gasteiger partial charge in [0, 0.05) is 11.9 Å². The summed E-state index contributed by atoms with van der Waals surface area (Å²) in [5.74, 6) is -0.820. The van der Waals surface area contributed by atoms with Crippen LogP contribution in [0.2, 0.25) is 0 Å². The summed E-state index contributed by atoms with van der Waals surface area (Å²) in [6.45, 7) is 0.193. The molecule has 1 heterocycles. The maximum absolute atomic E-state index is 11.5. The minimum atomic E-state index is -0.820. The molecule has 0 aliphatic heterocycles. The van der Waals surface area contributed by atoms with E-state index in [0.717, 1.165) is 12.1 Å². The predicted molar refractivity (Wildman–Crippen MR) is 65.3 cm³/mol. The summed E-state index contributed by atoms with van der Waals surface area (Å²) in [5, 5.41) is 18.0. The minimum Gasteiger partial charge on any atom is -0.481 e. The van der Waals surface area contributed by atoms with Crippen LogP contribution in [-0.4, -0.2) is 23.7 Å². The molecule has 0 spiro atoms. The zero-order valence-corrected chi connectivity index (χ0v) is 10.0. The van der Waals surface area contributed by atoms with E-state index in [1.807, 2.05) is 10.8 Å². The average Bonchev–Trinajstić information content (AvgIpc) is 2.68. The molecule has 17 heavy (non-hydrogen) atoms. The molecule has 0 unspecified atom stereocenters. The van der Waals surface area contributed by atoms with Crippen molar-refractivity contribution in [3.05, 3.63) is 16.8 Å². The van der Waals surface area contributed by atoms with E-state index in [-0.39, 0.29) is 12.6 Å². The molecular formula is C11H14N2O3S. The molecule has 3 N–H and O–H groups in total. The van der Waals surface area contributed by atoms with Crippen molar-refractivity contribution in [1.82, 2.24) is 5.32 Å². The number of carbonyl (C=O) groups is 2. The Morgan fingerprint density at radius 3 is 2.71 bits per heavy atom. The molecule has 0 atom stereocenters. The number of thiophene rings is 1. The lowest BCUT2D eigenvalue weighted by Gasteiger charge is -2.37. The van der Waals surface area contributed by atoms with Crippen LogP contribution in [0.3, 0.4) is 0 Å². The molecule has 1 aliphatic rings. The molecule has 92 valence electrons. The summed E-state index contributed by atoms with van der Waals surface area (Å²) in [6.07, 6.45) is 2.20. The molecule has 2 amide bonds. The van der Waals surface area contributed by atoms with E-state index < -0.39 is 11.4 Å². The summed E-state index contributed by atoms with van der Waals surface area (Å²) in [6, 6.07) is 1.44. The molecule has 1 fully saturated rings. The number of anilines is 1. The topological polar surface area (TPSA) is 78.4 Å². The van der Waals surface area contributed by atoms with Crippen molar-refractivity contribution >= 4 is 29.0 Å². The van der Waals surface area contributed by atoms with Gasteiger partial charge in [0.15, 0.2) is 0 Å². The van der Waals surface area contributed by atoms with Crippen molar-refractivity contribution in [2.45, 2.75) is 19.3 Å². The summed E-state index contributed by atoms with van der Waals surface area (Å²) in [4.78, 5) is 22.6. The lowest BCUT2D eigenvalue weighted by molar-refractivity contribution is -0.153. The van der Waals surface area contributed by atoms with Gasteiger partial charge in [-0.05, 0) is 24.3 Å². The number of urea groups is 1. The molecule has 1 aliphatic carbocycles. The SMILES string of the molecule is O=C(NCC1(C(=O)O)CCC1)Nc1ccsc1. The van der Waals surface area contributed by atoms with E-state index in [0.29, 0.717) is 12.8 Å². The van der Waals surface area contributed by atoms with Gasteiger partial charge in [-0.25, -0.2) is 4.79 Å². The Hall–Kier alpha value is -1.56. The molecule has 0 radical (unpaired) electrons. The van der Waals surface area contributed by atoms with Gasteiger partial charge in [0.05, 0.1) is 11.1 Å². The Morgan fingerprint density at radius 2 is 2.24 bits per heavy atom. The number of rotatable bonds is 4. The Labute approximate surface area is 103 Å². The van der Waals surface area contributed by atoms with Crippen LogP contribution in [0, 0.1) is 5.41 Å². The smallest absolute Gasteiger partial charge is 0.319 e. The molecule has 1 aromatic rings. The van der Waals surface area contributed by atoms with Crippen LogP contribution < -0.4 is 10.6 Å². The standard InChI is InChI=1S/C11H14N2O3S/c14-9(15)11(3-1-4-11)7-12-10(16)13-8-2-5-17-6-8/h2,5-6H,1,3-4,7H2,(H,14,15)(H2,12,13,16). The first-order chi connectivity index (χ1) is 8.12. The number of carbonyl (C=O) groups excluding carboxylic acids is 1. The second kappa shape index (κ2) is 4.75. The van der Waals surface area contributed by atoms with Crippen molar-refractivity contribution < 1.29 is 14.7 Å². The number of hydrogen-bond acceptors (Lipinski definition) is 3. The van der Waals surface area contributed by atoms with E-state index in [4.69, 9.17) is 5.11 Å². The van der Waals surface area contributed by atoms with Gasteiger partial charge >= 0.3 is 12.0 Å². The van der Waals surface area contributed by atoms with Crippen molar-refractivity contribution in [1.29, 1.82) is 0 Å². The molecule has 2 rings (SSSR count). The van der Waals surface area contributed by atoms with Crippen molar-refractivity contribution in [3.63, 3.8) is 0 Å². The number of aliphatic carboxylic acids is 1. The monoisotopic (exact) mass is 254 g/mol. The van der Waals surface area contributed by atoms with Gasteiger partial charge in [0.1, 0.15) is 0 Å². The minimum absolute atomic E-state index is 0.193. The number of hydrogen-bond donors (Lipinski definition) is 3. The fourth-order valence-corrected chi connectivity index (χ4v) is 2.42. The zero-order valence-electron chi connectivity index (χ0n) is 9.23. The first-order valence-electron chi connectivity index (χ1n) is 5.43. The highest BCUT2D eigenvalue weighted by Crippen LogP contribution is 2.40. The van der Waals surface area contributed by atoms with E-state index >= 15 is 0 Å². The van der Waals surface area contributed by atoms with Gasteiger partial charge in [-0.3, -0.25) is 4.79 Å². The lowest BCUT2D eigenvalue weighted by atomic mass is 9.69. The lowest BCUT2D eigenvalue weighted by Crippen LogP contribution is -2.48. The van der Waals surface area contributed by atoms with Gasteiger partial charge in [0.25, 0.3) is 0 Å². The molecule has 1 aromatic heterocycles. The third-order valence-electron chi connectivity index (χ3n) is 3.13. The Balaban J connectivity index is 1.82. The third-order valence-corrected chi connectivity index (χ3v) is 3.81. The summed E-state index contributed by atoms with van der Waals surface area (Å²) in [7, 11) is 0. The molecule has 0 aromatic carbocycles. The summed E-state index contributed by atoms with van der Waals surface area (Å²) < 4.78 is 0. The van der Waals surface area contributed by atoms with E-state index in [1.54, 1.807) is 6.07 Å². The van der Waals surface area contributed by atoms with Crippen molar-refractivity contribution in [2.24, 2.45) is 5.41 Å². The molecule has 1 saturated carbocycles. The summed E-state index contributed by atoms with van der Waals surface area (Å²) >= 11 is 1.49. The van der Waals surface area contributed by atoms with E-state index in [1.165, 1.54) is 11.3 Å². The second-order valence-electron chi connectivity index (χ2n) is 4.26. The van der Waals surface area contributed by atoms with Gasteiger partial charge in [-0.1, -0.05) is 6.42 Å². The van der Waals surface area contributed by atoms with Crippen LogP contribution in [-0.2, 0) is 4.79 Å². The number of carboxylic acid groups (broad SMARTS) is 1. The predicted octanol–water partition coefficient (Wildman–Crippen LogP) is 2.12. The second-order valence-corrected chi connectivity index (χ2v) is 5.04. The summed E-state index contributed by atoms with van der Waals surface area (Å²) in [5.41, 5.74) is -0.0168. The van der Waals surface area contributed by atoms with E-state index in [9.17, 15) is 9.59 Å². The maximum atomic E-state index is 11.5. The van der Waals surface area contributed by atoms with Crippen LogP contribution in [0.1, 0.15) is 19.3 Å². The Bertz CT molecular complexity index is 412. The maximum Gasteiger partial charge on any atom is 0.319 e. The molecule has 5 nitrogen and oxygen atoms in total. The van der Waals surface area contributed by atoms with E-state index in [2.05, 4.69) is 10.6 Å². The fraction of sp³-hybridized carbons (Fsp3) is 0.455. The highest BCUT2D eigenvalue weighted by molar-refractivity contribution is 7.08. The molecule has 0 bridgehead atoms. The van der Waals surface area contributed by atoms with Gasteiger partial charge < -0.3 is 15.7 Å². The number of carboxylic acids is 1. The van der Waals surface area contributed by atoms with Crippen LogP contribution in [0.5, 0.6) is 0 Å². The molecule has 6 heteroatoms. The van der Waals surface area contributed by atoms with Crippen molar-refractivity contribution in [2.75, 3.05) is 11.9 Å². The highest BCUT2D eigenvalue weighted by Gasteiger charge is 2.44. The number of nitrogens with one attached hydrogen (secondary N) is 2. The number of amides is 2. The van der Waals surface area contributed by atoms with Gasteiger partial charge in [0.2, 0.25) is 0 Å². The average molecular weight is 254 g/mol. The van der Waals surface area contributed by atoms with Crippen molar-refractivity contribution in [3.8, 4) is 0 Å².